The molecule has 2 aliphatic rings. The van der Waals surface area contributed by atoms with Gasteiger partial charge in [-0.05, 0) is 53.8 Å². The number of anilines is 1. The van der Waals surface area contributed by atoms with Gasteiger partial charge in [0, 0.05) is 22.6 Å². The summed E-state index contributed by atoms with van der Waals surface area (Å²) in [5.74, 6) is 0.286. The van der Waals surface area contributed by atoms with E-state index in [4.69, 9.17) is 4.74 Å². The normalized spacial score (nSPS) is 19.1. The van der Waals surface area contributed by atoms with Crippen molar-refractivity contribution < 1.29 is 14.3 Å². The van der Waals surface area contributed by atoms with E-state index in [1.54, 1.807) is 36.0 Å². The Morgan fingerprint density at radius 3 is 2.39 bits per heavy atom. The molecule has 0 bridgehead atoms. The van der Waals surface area contributed by atoms with Crippen LogP contribution < -0.4 is 10.1 Å². The number of rotatable bonds is 3. The summed E-state index contributed by atoms with van der Waals surface area (Å²) in [6.07, 6.45) is 1.36. The Bertz CT molecular complexity index is 1250. The molecule has 5 heteroatoms. The maximum atomic E-state index is 13.3. The number of fused-ring (bicyclic) bond motifs is 1. The first-order valence-electron chi connectivity index (χ1n) is 11.1. The van der Waals surface area contributed by atoms with Crippen LogP contribution in [0.3, 0.4) is 0 Å². The average Bonchev–Trinajstić information content (AvgIpc) is 2.96. The third kappa shape index (κ3) is 4.46. The van der Waals surface area contributed by atoms with Crippen LogP contribution in [0.2, 0.25) is 0 Å². The predicted octanol–water partition coefficient (Wildman–Crippen LogP) is 6.81. The molecule has 0 aromatic heterocycles. The van der Waals surface area contributed by atoms with Crippen molar-refractivity contribution in [3.05, 3.63) is 101 Å². The number of ketones is 1. The van der Waals surface area contributed by atoms with Gasteiger partial charge in [-0.15, -0.1) is 11.8 Å². The highest BCUT2D eigenvalue weighted by atomic mass is 32.2. The fraction of sp³-hybridized carbons (Fsp3) is 0.214. The maximum absolute atomic E-state index is 13.3. The molecule has 1 atom stereocenters. The minimum absolute atomic E-state index is 0.0765. The van der Waals surface area contributed by atoms with Gasteiger partial charge in [0.15, 0.2) is 5.78 Å². The Morgan fingerprint density at radius 2 is 1.64 bits per heavy atom. The number of hydrogen-bond donors (Lipinski definition) is 1. The van der Waals surface area contributed by atoms with Gasteiger partial charge < -0.3 is 10.1 Å². The van der Waals surface area contributed by atoms with Crippen LogP contribution in [0, 0.1) is 5.41 Å². The molecular weight excluding hydrogens is 430 g/mol. The van der Waals surface area contributed by atoms with Crippen LogP contribution in [-0.4, -0.2) is 11.8 Å². The number of nitrogens with one attached hydrogen (secondary N) is 1. The minimum atomic E-state index is -0.389. The van der Waals surface area contributed by atoms with E-state index < -0.39 is 0 Å². The van der Waals surface area contributed by atoms with Crippen molar-refractivity contribution in [1.29, 1.82) is 0 Å². The third-order valence-electron chi connectivity index (χ3n) is 6.00. The van der Waals surface area contributed by atoms with Crippen molar-refractivity contribution in [2.45, 2.75) is 36.8 Å². The summed E-state index contributed by atoms with van der Waals surface area (Å²) >= 11 is 1.69. The van der Waals surface area contributed by atoms with Gasteiger partial charge in [0.1, 0.15) is 5.75 Å². The molecule has 0 saturated carbocycles. The van der Waals surface area contributed by atoms with Crippen LogP contribution in [0.15, 0.2) is 95.0 Å². The van der Waals surface area contributed by atoms with Crippen molar-refractivity contribution >= 4 is 29.2 Å². The highest BCUT2D eigenvalue weighted by molar-refractivity contribution is 8.00. The predicted molar refractivity (Wildman–Crippen MR) is 132 cm³/mol. The first-order valence-corrected chi connectivity index (χ1v) is 11.9. The molecule has 166 valence electrons. The van der Waals surface area contributed by atoms with E-state index in [0.29, 0.717) is 17.7 Å². The zero-order valence-corrected chi connectivity index (χ0v) is 19.4. The lowest BCUT2D eigenvalue weighted by atomic mass is 9.74. The van der Waals surface area contributed by atoms with Gasteiger partial charge in [-0.1, -0.05) is 56.3 Å². The number of thioether (sulfide) groups is 1. The largest absolute Gasteiger partial charge is 0.423 e. The molecule has 1 N–H and O–H groups in total. The summed E-state index contributed by atoms with van der Waals surface area (Å²) in [6.45, 7) is 4.29. The van der Waals surface area contributed by atoms with E-state index in [0.717, 1.165) is 33.8 Å². The number of Topliss-reactive ketones (excluding diaryl/α,β-unsaturated/α-hetero) is 1. The molecule has 3 aromatic carbocycles. The van der Waals surface area contributed by atoms with Gasteiger partial charge in [0.25, 0.3) is 0 Å². The number of benzene rings is 3. The van der Waals surface area contributed by atoms with E-state index in [1.165, 1.54) is 0 Å². The molecule has 3 aromatic rings. The molecule has 0 spiro atoms. The smallest absolute Gasteiger partial charge is 0.343 e. The molecule has 0 radical (unpaired) electrons. The molecule has 0 fully saturated rings. The molecule has 33 heavy (non-hydrogen) atoms. The van der Waals surface area contributed by atoms with Gasteiger partial charge in [-0.25, -0.2) is 4.79 Å². The summed E-state index contributed by atoms with van der Waals surface area (Å²) in [5, 5.41) is 3.45. The first kappa shape index (κ1) is 21.5. The van der Waals surface area contributed by atoms with Gasteiger partial charge in [-0.3, -0.25) is 4.79 Å². The highest BCUT2D eigenvalue weighted by Gasteiger charge is 2.39. The Balaban J connectivity index is 1.48. The molecule has 0 saturated heterocycles. The van der Waals surface area contributed by atoms with E-state index in [-0.39, 0.29) is 22.4 Å². The fourth-order valence-electron chi connectivity index (χ4n) is 4.46. The van der Waals surface area contributed by atoms with Crippen molar-refractivity contribution in [1.82, 2.24) is 0 Å². The summed E-state index contributed by atoms with van der Waals surface area (Å²) in [6, 6.07) is 24.6. The Morgan fingerprint density at radius 1 is 0.939 bits per heavy atom. The number of para-hydroxylation sites is 1. The van der Waals surface area contributed by atoms with Crippen LogP contribution in [-0.2, 0) is 4.79 Å². The standard InChI is InChI=1S/C28H25NO3S/c1-28(2)16-22-25(23(30)17-28)26(33-24-11-7-6-10-21(24)29-22)18-12-14-20(15-13-18)32-27(31)19-8-4-3-5-9-19/h3-15,26,29H,16-17H2,1-2H3. The third-order valence-corrected chi connectivity index (χ3v) is 7.36. The second kappa shape index (κ2) is 8.56. The monoisotopic (exact) mass is 455 g/mol. The lowest BCUT2D eigenvalue weighted by Crippen LogP contribution is -2.29. The van der Waals surface area contributed by atoms with Crippen molar-refractivity contribution in [3.8, 4) is 5.75 Å². The highest BCUT2D eigenvalue weighted by Crippen LogP contribution is 2.52. The molecule has 0 amide bonds. The van der Waals surface area contributed by atoms with E-state index in [9.17, 15) is 9.59 Å². The molecule has 1 unspecified atom stereocenters. The Hall–Kier alpha value is -3.31. The topological polar surface area (TPSA) is 55.4 Å². The lowest BCUT2D eigenvalue weighted by Gasteiger charge is -2.33. The molecule has 1 aliphatic heterocycles. The lowest BCUT2D eigenvalue weighted by molar-refractivity contribution is -0.118. The Kier molecular flexibility index (Phi) is 5.59. The summed E-state index contributed by atoms with van der Waals surface area (Å²) in [7, 11) is 0. The number of hydrogen-bond acceptors (Lipinski definition) is 5. The SMILES string of the molecule is CC1(C)CC(=O)C2=C(C1)Nc1ccccc1SC2c1ccc(OC(=O)c2ccccc2)cc1. The second-order valence-electron chi connectivity index (χ2n) is 9.28. The van der Waals surface area contributed by atoms with Crippen LogP contribution in [0.5, 0.6) is 5.75 Å². The Labute approximate surface area is 198 Å². The summed E-state index contributed by atoms with van der Waals surface area (Å²) in [5.41, 5.74) is 4.35. The average molecular weight is 456 g/mol. The van der Waals surface area contributed by atoms with Crippen molar-refractivity contribution in [2.24, 2.45) is 5.41 Å². The van der Waals surface area contributed by atoms with E-state index in [2.05, 4.69) is 31.3 Å². The van der Waals surface area contributed by atoms with Gasteiger partial charge in [-0.2, -0.15) is 0 Å². The molecule has 5 rings (SSSR count). The molecule has 1 aliphatic carbocycles. The fourth-order valence-corrected chi connectivity index (χ4v) is 5.80. The van der Waals surface area contributed by atoms with E-state index in [1.807, 2.05) is 42.5 Å². The number of esters is 1. The number of allylic oxidation sites excluding steroid dienone is 1. The quantitative estimate of drug-likeness (QED) is 0.347. The van der Waals surface area contributed by atoms with Gasteiger partial charge in [0.05, 0.1) is 16.5 Å². The number of carbonyl (C=O) groups is 2. The van der Waals surface area contributed by atoms with Crippen LogP contribution in [0.25, 0.3) is 0 Å². The van der Waals surface area contributed by atoms with Gasteiger partial charge >= 0.3 is 5.97 Å². The van der Waals surface area contributed by atoms with Crippen LogP contribution in [0.1, 0.15) is 47.9 Å². The molecule has 1 heterocycles. The van der Waals surface area contributed by atoms with Crippen molar-refractivity contribution in [2.75, 3.05) is 5.32 Å². The summed E-state index contributed by atoms with van der Waals surface area (Å²) in [4.78, 5) is 26.8. The van der Waals surface area contributed by atoms with Crippen LogP contribution >= 0.6 is 11.8 Å². The number of ether oxygens (including phenoxy) is 1. The van der Waals surface area contributed by atoms with Crippen LogP contribution in [0.4, 0.5) is 5.69 Å². The molecular formula is C28H25NO3S. The second-order valence-corrected chi connectivity index (χ2v) is 10.4. The summed E-state index contributed by atoms with van der Waals surface area (Å²) < 4.78 is 5.54. The maximum Gasteiger partial charge on any atom is 0.343 e. The zero-order valence-electron chi connectivity index (χ0n) is 18.6. The first-order chi connectivity index (χ1) is 15.9. The van der Waals surface area contributed by atoms with Gasteiger partial charge in [0.2, 0.25) is 0 Å². The zero-order chi connectivity index (χ0) is 23.0. The number of carbonyl (C=O) groups excluding carboxylic acids is 2. The molecule has 4 nitrogen and oxygen atoms in total. The minimum Gasteiger partial charge on any atom is -0.423 e. The van der Waals surface area contributed by atoms with Crippen molar-refractivity contribution in [3.63, 3.8) is 0 Å². The van der Waals surface area contributed by atoms with E-state index >= 15 is 0 Å².